The highest BCUT2D eigenvalue weighted by Gasteiger charge is 2.14. The molecule has 0 spiro atoms. The van der Waals surface area contributed by atoms with Gasteiger partial charge in [0, 0.05) is 11.3 Å². The fraction of sp³-hybridized carbons (Fsp3) is 0.125. The van der Waals surface area contributed by atoms with Gasteiger partial charge in [-0.2, -0.15) is 0 Å². The predicted octanol–water partition coefficient (Wildman–Crippen LogP) is 4.77. The monoisotopic (exact) mass is 433 g/mol. The number of thiocarbonyl (C=S) groups is 1. The minimum atomic E-state index is -0.325. The number of rotatable bonds is 6. The molecule has 0 heterocycles. The van der Waals surface area contributed by atoms with Crippen LogP contribution in [-0.2, 0) is 0 Å². The zero-order valence-electron chi connectivity index (χ0n) is 17.3. The number of hydrogen-bond acceptors (Lipinski definition) is 4. The molecule has 7 heteroatoms. The van der Waals surface area contributed by atoms with Crippen LogP contribution in [-0.4, -0.2) is 23.5 Å². The summed E-state index contributed by atoms with van der Waals surface area (Å²) in [6, 6.07) is 21.2. The lowest BCUT2D eigenvalue weighted by atomic mass is 10.1. The quantitative estimate of drug-likeness (QED) is 0.488. The van der Waals surface area contributed by atoms with E-state index in [1.54, 1.807) is 60.7 Å². The fourth-order valence-corrected chi connectivity index (χ4v) is 3.03. The summed E-state index contributed by atoms with van der Waals surface area (Å²) in [5, 5.41) is 8.52. The standard InChI is InChI=1S/C24H23N3O3S/c1-3-30-19-14-12-18(13-15-19)25-23(29)20-6-4-5-7-21(20)26-24(31)27-22(28)17-10-8-16(2)9-11-17/h4-15H,3H2,1-2H3,(H,25,29)(H2,26,27,28,31). The molecule has 0 aromatic heterocycles. The van der Waals surface area contributed by atoms with Crippen LogP contribution in [0.3, 0.4) is 0 Å². The molecule has 0 saturated heterocycles. The first-order valence-corrected chi connectivity index (χ1v) is 10.2. The summed E-state index contributed by atoms with van der Waals surface area (Å²) in [5.74, 6) is 0.103. The summed E-state index contributed by atoms with van der Waals surface area (Å²) in [7, 11) is 0. The Labute approximate surface area is 186 Å². The average Bonchev–Trinajstić information content (AvgIpc) is 2.76. The number of aryl methyl sites for hydroxylation is 1. The smallest absolute Gasteiger partial charge is 0.257 e. The summed E-state index contributed by atoms with van der Waals surface area (Å²) in [4.78, 5) is 25.2. The highest BCUT2D eigenvalue weighted by molar-refractivity contribution is 7.80. The molecule has 31 heavy (non-hydrogen) atoms. The first kappa shape index (κ1) is 22.0. The second kappa shape index (κ2) is 10.4. The van der Waals surface area contributed by atoms with Crippen molar-refractivity contribution >= 4 is 40.5 Å². The van der Waals surface area contributed by atoms with Crippen LogP contribution < -0.4 is 20.7 Å². The van der Waals surface area contributed by atoms with Crippen molar-refractivity contribution in [3.63, 3.8) is 0 Å². The molecule has 3 N–H and O–H groups in total. The molecule has 3 aromatic rings. The van der Waals surface area contributed by atoms with Gasteiger partial charge in [-0.1, -0.05) is 29.8 Å². The lowest BCUT2D eigenvalue weighted by molar-refractivity contribution is 0.0976. The number of para-hydroxylation sites is 1. The number of carbonyl (C=O) groups excluding carboxylic acids is 2. The van der Waals surface area contributed by atoms with Crippen molar-refractivity contribution in [2.75, 3.05) is 17.2 Å². The Bertz CT molecular complexity index is 1080. The molecular weight excluding hydrogens is 410 g/mol. The van der Waals surface area contributed by atoms with Gasteiger partial charge in [-0.25, -0.2) is 0 Å². The van der Waals surface area contributed by atoms with Gasteiger partial charge in [-0.15, -0.1) is 0 Å². The van der Waals surface area contributed by atoms with Crippen LogP contribution in [0.5, 0.6) is 5.75 Å². The van der Waals surface area contributed by atoms with Crippen LogP contribution in [0.4, 0.5) is 11.4 Å². The Hall–Kier alpha value is -3.71. The molecule has 2 amide bonds. The molecular formula is C24H23N3O3S. The number of hydrogen-bond donors (Lipinski definition) is 3. The van der Waals surface area contributed by atoms with Crippen LogP contribution in [0.1, 0.15) is 33.2 Å². The molecule has 0 atom stereocenters. The molecule has 0 fully saturated rings. The van der Waals surface area contributed by atoms with Gasteiger partial charge >= 0.3 is 0 Å². The molecule has 6 nitrogen and oxygen atoms in total. The summed E-state index contributed by atoms with van der Waals surface area (Å²) in [6.07, 6.45) is 0. The first-order valence-electron chi connectivity index (χ1n) is 9.78. The van der Waals surface area contributed by atoms with E-state index in [4.69, 9.17) is 17.0 Å². The second-order valence-corrected chi connectivity index (χ2v) is 7.14. The summed E-state index contributed by atoms with van der Waals surface area (Å²) in [6.45, 7) is 4.43. The van der Waals surface area contributed by atoms with Crippen molar-refractivity contribution in [2.24, 2.45) is 0 Å². The van der Waals surface area contributed by atoms with Crippen LogP contribution in [0.25, 0.3) is 0 Å². The lowest BCUT2D eigenvalue weighted by Gasteiger charge is -2.14. The fourth-order valence-electron chi connectivity index (χ4n) is 2.82. The maximum Gasteiger partial charge on any atom is 0.257 e. The number of ether oxygens (including phenoxy) is 1. The Balaban J connectivity index is 1.66. The highest BCUT2D eigenvalue weighted by Crippen LogP contribution is 2.20. The second-order valence-electron chi connectivity index (χ2n) is 6.73. The third kappa shape index (κ3) is 6.13. The van der Waals surface area contributed by atoms with Crippen molar-refractivity contribution in [3.8, 4) is 5.75 Å². The van der Waals surface area contributed by atoms with Crippen LogP contribution in [0.2, 0.25) is 0 Å². The zero-order valence-corrected chi connectivity index (χ0v) is 18.1. The molecule has 0 bridgehead atoms. The molecule has 3 rings (SSSR count). The van der Waals surface area contributed by atoms with Crippen LogP contribution >= 0.6 is 12.2 Å². The van der Waals surface area contributed by atoms with Crippen molar-refractivity contribution < 1.29 is 14.3 Å². The third-order valence-corrected chi connectivity index (χ3v) is 4.59. The largest absolute Gasteiger partial charge is 0.494 e. The number of benzene rings is 3. The summed E-state index contributed by atoms with van der Waals surface area (Å²) >= 11 is 5.26. The number of carbonyl (C=O) groups is 2. The van der Waals surface area contributed by atoms with Crippen molar-refractivity contribution in [2.45, 2.75) is 13.8 Å². The van der Waals surface area contributed by atoms with Crippen molar-refractivity contribution in [1.82, 2.24) is 5.32 Å². The maximum absolute atomic E-state index is 12.8. The minimum Gasteiger partial charge on any atom is -0.494 e. The van der Waals surface area contributed by atoms with E-state index in [0.29, 0.717) is 29.1 Å². The summed E-state index contributed by atoms with van der Waals surface area (Å²) in [5.41, 5.74) is 3.07. The molecule has 3 aromatic carbocycles. The normalized spacial score (nSPS) is 10.1. The third-order valence-electron chi connectivity index (χ3n) is 4.38. The maximum atomic E-state index is 12.8. The van der Waals surface area contributed by atoms with E-state index < -0.39 is 0 Å². The SMILES string of the molecule is CCOc1ccc(NC(=O)c2ccccc2NC(=S)NC(=O)c2ccc(C)cc2)cc1. The first-order chi connectivity index (χ1) is 15.0. The van der Waals surface area contributed by atoms with Crippen molar-refractivity contribution in [3.05, 3.63) is 89.5 Å². The molecule has 0 radical (unpaired) electrons. The van der Waals surface area contributed by atoms with Gasteiger partial charge in [0.25, 0.3) is 11.8 Å². The van der Waals surface area contributed by atoms with E-state index in [1.807, 2.05) is 26.0 Å². The van der Waals surface area contributed by atoms with Gasteiger partial charge in [0.1, 0.15) is 5.75 Å². The van der Waals surface area contributed by atoms with Gasteiger partial charge in [0.15, 0.2) is 5.11 Å². The molecule has 0 aliphatic rings. The van der Waals surface area contributed by atoms with Gasteiger partial charge in [-0.05, 0) is 74.6 Å². The molecule has 0 aliphatic heterocycles. The molecule has 0 aliphatic carbocycles. The van der Waals surface area contributed by atoms with E-state index in [2.05, 4.69) is 16.0 Å². The number of amides is 2. The van der Waals surface area contributed by atoms with Gasteiger partial charge in [-0.3, -0.25) is 14.9 Å². The Morgan fingerprint density at radius 1 is 0.871 bits per heavy atom. The van der Waals surface area contributed by atoms with Gasteiger partial charge in [0.2, 0.25) is 0 Å². The van der Waals surface area contributed by atoms with E-state index >= 15 is 0 Å². The van der Waals surface area contributed by atoms with Crippen LogP contribution in [0, 0.1) is 6.92 Å². The van der Waals surface area contributed by atoms with E-state index in [9.17, 15) is 9.59 Å². The van der Waals surface area contributed by atoms with Gasteiger partial charge < -0.3 is 15.4 Å². The zero-order chi connectivity index (χ0) is 22.2. The number of nitrogens with one attached hydrogen (secondary N) is 3. The Morgan fingerprint density at radius 3 is 2.23 bits per heavy atom. The van der Waals surface area contributed by atoms with E-state index in [0.717, 1.165) is 11.3 Å². The van der Waals surface area contributed by atoms with Gasteiger partial charge in [0.05, 0.1) is 17.9 Å². The Kier molecular flexibility index (Phi) is 7.35. The average molecular weight is 434 g/mol. The Morgan fingerprint density at radius 2 is 1.55 bits per heavy atom. The van der Waals surface area contributed by atoms with Crippen molar-refractivity contribution in [1.29, 1.82) is 0 Å². The lowest BCUT2D eigenvalue weighted by Crippen LogP contribution is -2.34. The van der Waals surface area contributed by atoms with E-state index in [-0.39, 0.29) is 16.9 Å². The summed E-state index contributed by atoms with van der Waals surface area (Å²) < 4.78 is 5.41. The minimum absolute atomic E-state index is 0.104. The van der Waals surface area contributed by atoms with E-state index in [1.165, 1.54) is 0 Å². The highest BCUT2D eigenvalue weighted by atomic mass is 32.1. The predicted molar refractivity (Wildman–Crippen MR) is 127 cm³/mol. The topological polar surface area (TPSA) is 79.5 Å². The number of anilines is 2. The molecule has 158 valence electrons. The van der Waals surface area contributed by atoms with Crippen LogP contribution in [0.15, 0.2) is 72.8 Å². The molecule has 0 unspecified atom stereocenters. The molecule has 0 saturated carbocycles.